The molecule has 0 aliphatic carbocycles. The normalized spacial score (nSPS) is 22.0. The zero-order chi connectivity index (χ0) is 22.5. The van der Waals surface area contributed by atoms with Gasteiger partial charge >= 0.3 is 0 Å². The molecule has 0 bridgehead atoms. The summed E-state index contributed by atoms with van der Waals surface area (Å²) >= 11 is 0. The van der Waals surface area contributed by atoms with Crippen LogP contribution in [0, 0.1) is 0 Å². The van der Waals surface area contributed by atoms with Gasteiger partial charge < -0.3 is 30.2 Å². The van der Waals surface area contributed by atoms with E-state index in [9.17, 15) is 20.4 Å². The first kappa shape index (κ1) is 22.7. The molecule has 2 heterocycles. The number of likely N-dealkylation sites (tertiary alicyclic amines) is 2. The third kappa shape index (κ3) is 5.67. The van der Waals surface area contributed by atoms with Crippen LogP contribution in [0.3, 0.4) is 0 Å². The van der Waals surface area contributed by atoms with Gasteiger partial charge in [-0.05, 0) is 113 Å². The Morgan fingerprint density at radius 2 is 1.06 bits per heavy atom. The van der Waals surface area contributed by atoms with Crippen LogP contribution in [0.25, 0.3) is 0 Å². The lowest BCUT2D eigenvalue weighted by Gasteiger charge is -2.27. The van der Waals surface area contributed by atoms with Gasteiger partial charge in [0.1, 0.15) is 0 Å². The monoisotopic (exact) mass is 440 g/mol. The van der Waals surface area contributed by atoms with E-state index in [1.54, 1.807) is 24.3 Å². The Labute approximate surface area is 190 Å². The third-order valence-electron chi connectivity index (χ3n) is 7.16. The maximum atomic E-state index is 9.77. The first-order valence-electron chi connectivity index (χ1n) is 12.0. The fourth-order valence-electron chi connectivity index (χ4n) is 5.41. The maximum Gasteiger partial charge on any atom is 0.157 e. The first-order valence-corrected chi connectivity index (χ1v) is 12.0. The molecule has 6 heteroatoms. The Hall–Kier alpha value is -2.44. The third-order valence-corrected chi connectivity index (χ3v) is 7.16. The Morgan fingerprint density at radius 1 is 0.625 bits per heavy atom. The molecule has 6 nitrogen and oxygen atoms in total. The topological polar surface area (TPSA) is 87.4 Å². The molecule has 2 aliphatic heterocycles. The molecule has 2 atom stereocenters. The van der Waals surface area contributed by atoms with E-state index in [4.69, 9.17) is 0 Å². The molecular formula is C26H36N2O4. The lowest BCUT2D eigenvalue weighted by Crippen LogP contribution is -2.34. The predicted molar refractivity (Wildman–Crippen MR) is 125 cm³/mol. The van der Waals surface area contributed by atoms with Gasteiger partial charge in [-0.2, -0.15) is 0 Å². The Kier molecular flexibility index (Phi) is 7.43. The fraction of sp³-hybridized carbons (Fsp3) is 0.538. The van der Waals surface area contributed by atoms with E-state index in [0.717, 1.165) is 50.1 Å². The summed E-state index contributed by atoms with van der Waals surface area (Å²) < 4.78 is 0. The second kappa shape index (κ2) is 10.5. The molecule has 32 heavy (non-hydrogen) atoms. The van der Waals surface area contributed by atoms with Crippen molar-refractivity contribution in [2.45, 2.75) is 63.5 Å². The molecule has 2 aliphatic rings. The highest BCUT2D eigenvalue weighted by Crippen LogP contribution is 2.29. The molecule has 174 valence electrons. The van der Waals surface area contributed by atoms with Gasteiger partial charge in [-0.25, -0.2) is 0 Å². The second-order valence-corrected chi connectivity index (χ2v) is 9.43. The van der Waals surface area contributed by atoms with Crippen LogP contribution in [0.5, 0.6) is 23.0 Å². The van der Waals surface area contributed by atoms with Gasteiger partial charge in [0.05, 0.1) is 0 Å². The largest absolute Gasteiger partial charge is 0.504 e. The summed E-state index contributed by atoms with van der Waals surface area (Å²) in [7, 11) is 0. The van der Waals surface area contributed by atoms with Gasteiger partial charge in [-0.1, -0.05) is 12.1 Å². The molecular weight excluding hydrogens is 404 g/mol. The number of unbranched alkanes of at least 4 members (excludes halogenated alkanes) is 1. The van der Waals surface area contributed by atoms with Crippen molar-refractivity contribution < 1.29 is 20.4 Å². The summed E-state index contributed by atoms with van der Waals surface area (Å²) in [5.41, 5.74) is 2.16. The number of aromatic hydroxyl groups is 4. The van der Waals surface area contributed by atoms with Crippen molar-refractivity contribution >= 4 is 0 Å². The number of phenolic OH excluding ortho intramolecular Hbond substituents is 4. The van der Waals surface area contributed by atoms with E-state index in [1.807, 2.05) is 12.1 Å². The van der Waals surface area contributed by atoms with E-state index in [2.05, 4.69) is 9.80 Å². The highest BCUT2D eigenvalue weighted by molar-refractivity contribution is 5.41. The average molecular weight is 441 g/mol. The molecule has 0 spiro atoms. The van der Waals surface area contributed by atoms with E-state index >= 15 is 0 Å². The van der Waals surface area contributed by atoms with Crippen LogP contribution in [0.2, 0.25) is 0 Å². The van der Waals surface area contributed by atoms with Crippen LogP contribution in [0.15, 0.2) is 36.4 Å². The maximum absolute atomic E-state index is 9.77. The summed E-state index contributed by atoms with van der Waals surface area (Å²) in [5, 5.41) is 38.6. The van der Waals surface area contributed by atoms with Crippen LogP contribution in [-0.2, 0) is 12.8 Å². The van der Waals surface area contributed by atoms with Crippen LogP contribution >= 0.6 is 0 Å². The van der Waals surface area contributed by atoms with Gasteiger partial charge in [-0.15, -0.1) is 0 Å². The van der Waals surface area contributed by atoms with Crippen LogP contribution in [0.4, 0.5) is 0 Å². The van der Waals surface area contributed by atoms with E-state index in [-0.39, 0.29) is 23.0 Å². The summed E-state index contributed by atoms with van der Waals surface area (Å²) in [6.45, 7) is 4.51. The molecule has 2 unspecified atom stereocenters. The minimum atomic E-state index is -0.0561. The molecule has 4 rings (SSSR count). The highest BCUT2D eigenvalue weighted by Gasteiger charge is 2.26. The van der Waals surface area contributed by atoms with Crippen LogP contribution in [-0.4, -0.2) is 68.5 Å². The molecule has 4 N–H and O–H groups in total. The number of rotatable bonds is 9. The van der Waals surface area contributed by atoms with Crippen molar-refractivity contribution in [3.63, 3.8) is 0 Å². The zero-order valence-electron chi connectivity index (χ0n) is 18.8. The number of hydrogen-bond acceptors (Lipinski definition) is 6. The summed E-state index contributed by atoms with van der Waals surface area (Å²) in [4.78, 5) is 5.18. The van der Waals surface area contributed by atoms with Crippen molar-refractivity contribution in [2.75, 3.05) is 26.2 Å². The van der Waals surface area contributed by atoms with Gasteiger partial charge in [0.25, 0.3) is 0 Å². The van der Waals surface area contributed by atoms with E-state index in [0.29, 0.717) is 12.1 Å². The van der Waals surface area contributed by atoms with Gasteiger partial charge in [0.15, 0.2) is 23.0 Å². The molecule has 0 aromatic heterocycles. The van der Waals surface area contributed by atoms with Crippen molar-refractivity contribution in [2.24, 2.45) is 0 Å². The second-order valence-electron chi connectivity index (χ2n) is 9.43. The standard InChI is InChI=1S/C26H36N2O4/c29-23-9-7-19(17-25(23)31)15-21-5-3-13-27(21)11-1-2-12-28-14-4-6-22(28)16-20-8-10-24(30)26(32)18-20/h7-10,17-18,21-22,29-32H,1-6,11-16H2. The summed E-state index contributed by atoms with van der Waals surface area (Å²) in [6.07, 6.45) is 9.03. The molecule has 2 fully saturated rings. The van der Waals surface area contributed by atoms with E-state index < -0.39 is 0 Å². The van der Waals surface area contributed by atoms with Gasteiger partial charge in [0, 0.05) is 12.1 Å². The first-order chi connectivity index (χ1) is 15.5. The fourth-order valence-corrected chi connectivity index (χ4v) is 5.41. The van der Waals surface area contributed by atoms with Crippen molar-refractivity contribution in [1.82, 2.24) is 9.80 Å². The predicted octanol–water partition coefficient (Wildman–Crippen LogP) is 4.00. The number of phenols is 4. The lowest BCUT2D eigenvalue weighted by atomic mass is 10.0. The molecule has 0 radical (unpaired) electrons. The van der Waals surface area contributed by atoms with Crippen molar-refractivity contribution in [3.05, 3.63) is 47.5 Å². The number of benzene rings is 2. The average Bonchev–Trinajstić information content (AvgIpc) is 3.40. The molecule has 2 aromatic rings. The zero-order valence-corrected chi connectivity index (χ0v) is 18.8. The molecule has 2 aromatic carbocycles. The molecule has 2 saturated heterocycles. The highest BCUT2D eigenvalue weighted by atomic mass is 16.3. The van der Waals surface area contributed by atoms with Crippen LogP contribution < -0.4 is 0 Å². The smallest absolute Gasteiger partial charge is 0.157 e. The number of hydrogen-bond donors (Lipinski definition) is 4. The Balaban J connectivity index is 1.21. The lowest BCUT2D eigenvalue weighted by molar-refractivity contribution is 0.221. The van der Waals surface area contributed by atoms with Gasteiger partial charge in [-0.3, -0.25) is 0 Å². The minimum absolute atomic E-state index is 0.0327. The summed E-state index contributed by atoms with van der Waals surface area (Å²) in [6, 6.07) is 11.4. The van der Waals surface area contributed by atoms with Crippen molar-refractivity contribution in [3.8, 4) is 23.0 Å². The number of nitrogens with zero attached hydrogens (tertiary/aromatic N) is 2. The molecule has 0 saturated carbocycles. The Morgan fingerprint density at radius 3 is 1.47 bits per heavy atom. The minimum Gasteiger partial charge on any atom is -0.504 e. The van der Waals surface area contributed by atoms with Crippen LogP contribution in [0.1, 0.15) is 49.7 Å². The summed E-state index contributed by atoms with van der Waals surface area (Å²) in [5.74, 6) is -0.177. The SMILES string of the molecule is Oc1ccc(CC2CCCN2CCCCN2CCCC2Cc2ccc(O)c(O)c2)cc1O. The molecule has 0 amide bonds. The Bertz CT molecular complexity index is 830. The van der Waals surface area contributed by atoms with Crippen molar-refractivity contribution in [1.29, 1.82) is 0 Å². The van der Waals surface area contributed by atoms with E-state index in [1.165, 1.54) is 38.5 Å². The van der Waals surface area contributed by atoms with Gasteiger partial charge in [0.2, 0.25) is 0 Å². The quantitative estimate of drug-likeness (QED) is 0.348.